The lowest BCUT2D eigenvalue weighted by atomic mass is 9.93. The lowest BCUT2D eigenvalue weighted by Gasteiger charge is -2.33. The highest BCUT2D eigenvalue weighted by Gasteiger charge is 2.48. The van der Waals surface area contributed by atoms with Crippen molar-refractivity contribution in [2.24, 2.45) is 0 Å². The standard InChI is InChI=1S/C22H17F8N3O3S/c23-14-7-13(22(28,29)30)8-16(9-14)37(35,36)20(24)5-3-15(4-6-20)31-19(34)17-11-33-10-12(21(25,26)27)1-2-18(33)32-17/h1-2,7-11,15H,3-6H2,(H,31,34). The maximum atomic E-state index is 15.5. The molecule has 200 valence electrons. The van der Waals surface area contributed by atoms with Crippen LogP contribution in [0.25, 0.3) is 5.65 Å². The van der Waals surface area contributed by atoms with Crippen molar-refractivity contribution >= 4 is 21.4 Å². The summed E-state index contributed by atoms with van der Waals surface area (Å²) >= 11 is 0. The quantitative estimate of drug-likeness (QED) is 0.442. The maximum absolute atomic E-state index is 15.5. The van der Waals surface area contributed by atoms with Crippen molar-refractivity contribution in [1.29, 1.82) is 0 Å². The number of alkyl halides is 7. The number of carbonyl (C=O) groups is 1. The van der Waals surface area contributed by atoms with Gasteiger partial charge in [-0.3, -0.25) is 4.79 Å². The van der Waals surface area contributed by atoms with Crippen molar-refractivity contribution in [3.05, 3.63) is 65.4 Å². The molecule has 1 aliphatic rings. The molecule has 6 nitrogen and oxygen atoms in total. The third-order valence-corrected chi connectivity index (χ3v) is 8.30. The highest BCUT2D eigenvalue weighted by molar-refractivity contribution is 7.92. The molecule has 4 rings (SSSR count). The molecule has 1 aromatic carbocycles. The number of nitrogens with zero attached hydrogens (tertiary/aromatic N) is 2. The Hall–Kier alpha value is -3.23. The van der Waals surface area contributed by atoms with Gasteiger partial charge in [0.15, 0.2) is 0 Å². The number of nitrogens with one attached hydrogen (secondary N) is 1. The number of aromatic nitrogens is 2. The van der Waals surface area contributed by atoms with E-state index < -0.39 is 73.8 Å². The number of hydrogen-bond donors (Lipinski definition) is 1. The van der Waals surface area contributed by atoms with Crippen LogP contribution < -0.4 is 5.32 Å². The number of hydrogen-bond acceptors (Lipinski definition) is 4. The van der Waals surface area contributed by atoms with E-state index in [4.69, 9.17) is 0 Å². The smallest absolute Gasteiger partial charge is 0.348 e. The van der Waals surface area contributed by atoms with E-state index in [1.807, 2.05) is 0 Å². The molecule has 37 heavy (non-hydrogen) atoms. The number of benzene rings is 1. The fourth-order valence-electron chi connectivity index (χ4n) is 4.08. The molecule has 1 aliphatic carbocycles. The minimum atomic E-state index is -5.05. The van der Waals surface area contributed by atoms with Crippen molar-refractivity contribution in [2.75, 3.05) is 0 Å². The Morgan fingerprint density at radius 3 is 2.19 bits per heavy atom. The molecular formula is C22H17F8N3O3S. The van der Waals surface area contributed by atoms with Crippen molar-refractivity contribution in [1.82, 2.24) is 14.7 Å². The minimum absolute atomic E-state index is 0.0592. The van der Waals surface area contributed by atoms with E-state index in [0.717, 1.165) is 28.9 Å². The Bertz CT molecular complexity index is 1460. The van der Waals surface area contributed by atoms with Gasteiger partial charge in [0.1, 0.15) is 17.2 Å². The van der Waals surface area contributed by atoms with E-state index in [9.17, 15) is 43.9 Å². The van der Waals surface area contributed by atoms with Crippen LogP contribution in [0.2, 0.25) is 0 Å². The van der Waals surface area contributed by atoms with E-state index in [-0.39, 0.29) is 36.3 Å². The van der Waals surface area contributed by atoms with Gasteiger partial charge in [-0.25, -0.2) is 22.2 Å². The van der Waals surface area contributed by atoms with Crippen LogP contribution in [0.4, 0.5) is 35.1 Å². The molecule has 1 N–H and O–H groups in total. The molecule has 0 spiro atoms. The summed E-state index contributed by atoms with van der Waals surface area (Å²) in [6.07, 6.45) is -9.70. The Morgan fingerprint density at radius 2 is 1.59 bits per heavy atom. The van der Waals surface area contributed by atoms with Gasteiger partial charge in [0.2, 0.25) is 14.8 Å². The number of fused-ring (bicyclic) bond motifs is 1. The first-order valence-corrected chi connectivity index (χ1v) is 12.2. The Balaban J connectivity index is 1.47. The van der Waals surface area contributed by atoms with Crippen LogP contribution in [0.1, 0.15) is 47.3 Å². The molecule has 2 heterocycles. The molecule has 0 saturated heterocycles. The first-order chi connectivity index (χ1) is 17.0. The highest BCUT2D eigenvalue weighted by atomic mass is 32.2. The van der Waals surface area contributed by atoms with Gasteiger partial charge in [-0.1, -0.05) is 0 Å². The molecule has 3 aromatic rings. The number of halogens is 8. The van der Waals surface area contributed by atoms with E-state index in [1.165, 1.54) is 0 Å². The van der Waals surface area contributed by atoms with Gasteiger partial charge in [0.25, 0.3) is 5.91 Å². The summed E-state index contributed by atoms with van der Waals surface area (Å²) in [5.41, 5.74) is -2.71. The number of pyridine rings is 1. The SMILES string of the molecule is O=C(NC1CCC(F)(S(=O)(=O)c2cc(F)cc(C(F)(F)F)c2)CC1)c1cn2cc(C(F)(F)F)ccc2n1. The molecule has 15 heteroatoms. The second kappa shape index (κ2) is 8.96. The summed E-state index contributed by atoms with van der Waals surface area (Å²) < 4.78 is 133. The van der Waals surface area contributed by atoms with Gasteiger partial charge >= 0.3 is 12.4 Å². The third kappa shape index (κ3) is 5.26. The Kier molecular flexibility index (Phi) is 6.49. The first kappa shape index (κ1) is 26.8. The van der Waals surface area contributed by atoms with Crippen LogP contribution in [-0.2, 0) is 22.2 Å². The average Bonchev–Trinajstić information content (AvgIpc) is 3.23. The van der Waals surface area contributed by atoms with E-state index >= 15 is 4.39 Å². The number of sulfone groups is 1. The van der Waals surface area contributed by atoms with Gasteiger partial charge in [-0.2, -0.15) is 26.3 Å². The number of amides is 1. The molecular weight excluding hydrogens is 538 g/mol. The zero-order valence-electron chi connectivity index (χ0n) is 18.5. The average molecular weight is 555 g/mol. The molecule has 0 atom stereocenters. The third-order valence-electron chi connectivity index (χ3n) is 6.07. The summed E-state index contributed by atoms with van der Waals surface area (Å²) in [4.78, 5) is 15.3. The van der Waals surface area contributed by atoms with Crippen molar-refractivity contribution in [3.63, 3.8) is 0 Å². The highest BCUT2D eigenvalue weighted by Crippen LogP contribution is 2.42. The van der Waals surface area contributed by atoms with E-state index in [0.29, 0.717) is 6.07 Å². The lowest BCUT2D eigenvalue weighted by molar-refractivity contribution is -0.138. The van der Waals surface area contributed by atoms with Crippen molar-refractivity contribution in [2.45, 2.75) is 54.0 Å². The Labute approximate surface area is 204 Å². The van der Waals surface area contributed by atoms with Crippen LogP contribution >= 0.6 is 0 Å². The van der Waals surface area contributed by atoms with Gasteiger partial charge in [0, 0.05) is 18.4 Å². The molecule has 0 radical (unpaired) electrons. The van der Waals surface area contributed by atoms with Gasteiger partial charge in [-0.05, 0) is 56.0 Å². The summed E-state index contributed by atoms with van der Waals surface area (Å²) in [7, 11) is -5.03. The predicted octanol–water partition coefficient (Wildman–Crippen LogP) is 5.32. The second-order valence-electron chi connectivity index (χ2n) is 8.61. The molecule has 1 saturated carbocycles. The topological polar surface area (TPSA) is 80.5 Å². The van der Waals surface area contributed by atoms with Crippen LogP contribution in [-0.4, -0.2) is 34.8 Å². The normalized spacial score (nSPS) is 21.2. The van der Waals surface area contributed by atoms with Crippen LogP contribution in [0, 0.1) is 5.82 Å². The summed E-state index contributed by atoms with van der Waals surface area (Å²) in [5.74, 6) is -2.29. The van der Waals surface area contributed by atoms with Crippen LogP contribution in [0.5, 0.6) is 0 Å². The summed E-state index contributed by atoms with van der Waals surface area (Å²) in [6.45, 7) is 0. The fraction of sp³-hybridized carbons (Fsp3) is 0.364. The van der Waals surface area contributed by atoms with Gasteiger partial charge in [-0.15, -0.1) is 0 Å². The predicted molar refractivity (Wildman–Crippen MR) is 112 cm³/mol. The molecule has 0 bridgehead atoms. The van der Waals surface area contributed by atoms with Crippen LogP contribution in [0.3, 0.4) is 0 Å². The fourth-order valence-corrected chi connectivity index (χ4v) is 5.83. The van der Waals surface area contributed by atoms with E-state index in [1.54, 1.807) is 0 Å². The minimum Gasteiger partial charge on any atom is -0.348 e. The molecule has 0 unspecified atom stereocenters. The number of rotatable bonds is 4. The van der Waals surface area contributed by atoms with Crippen molar-refractivity contribution < 1.29 is 48.3 Å². The number of carbonyl (C=O) groups excluding carboxylic acids is 1. The van der Waals surface area contributed by atoms with Crippen LogP contribution in [0.15, 0.2) is 47.6 Å². The van der Waals surface area contributed by atoms with Crippen molar-refractivity contribution in [3.8, 4) is 0 Å². The zero-order valence-corrected chi connectivity index (χ0v) is 19.3. The number of imidazole rings is 1. The first-order valence-electron chi connectivity index (χ1n) is 10.7. The van der Waals surface area contributed by atoms with E-state index in [2.05, 4.69) is 10.3 Å². The van der Waals surface area contributed by atoms with Gasteiger partial charge in [0.05, 0.1) is 16.0 Å². The summed E-state index contributed by atoms with van der Waals surface area (Å²) in [5, 5.41) is -0.497. The lowest BCUT2D eigenvalue weighted by Crippen LogP contribution is -2.45. The zero-order chi connectivity index (χ0) is 27.4. The molecule has 1 amide bonds. The monoisotopic (exact) mass is 555 g/mol. The maximum Gasteiger partial charge on any atom is 0.417 e. The van der Waals surface area contributed by atoms with Gasteiger partial charge < -0.3 is 9.72 Å². The largest absolute Gasteiger partial charge is 0.417 e. The second-order valence-corrected chi connectivity index (χ2v) is 10.8. The molecule has 1 fully saturated rings. The summed E-state index contributed by atoms with van der Waals surface area (Å²) in [6, 6.07) is 1.69. The Morgan fingerprint density at radius 1 is 0.973 bits per heavy atom. The molecule has 0 aliphatic heterocycles. The molecule has 2 aromatic heterocycles.